The van der Waals surface area contributed by atoms with Gasteiger partial charge < -0.3 is 5.73 Å². The minimum absolute atomic E-state index is 0.144. The van der Waals surface area contributed by atoms with Crippen molar-refractivity contribution in [2.75, 3.05) is 5.73 Å². The fraction of sp³-hybridized carbons (Fsp3) is 0.125. The highest BCUT2D eigenvalue weighted by atomic mass is 79.9. The van der Waals surface area contributed by atoms with Crippen LogP contribution in [0.15, 0.2) is 22.9 Å². The Balaban J connectivity index is 2.47. The number of hydrogen-bond donors (Lipinski definition) is 1. The van der Waals surface area contributed by atoms with Gasteiger partial charge in [0.15, 0.2) is 5.82 Å². The predicted octanol–water partition coefficient (Wildman–Crippen LogP) is 2.03. The fourth-order valence-electron chi connectivity index (χ4n) is 1.09. The molecule has 17 heavy (non-hydrogen) atoms. The van der Waals surface area contributed by atoms with Crippen LogP contribution in [0, 0.1) is 0 Å². The molecule has 90 valence electrons. The van der Waals surface area contributed by atoms with Crippen LogP contribution in [-0.2, 0) is 6.18 Å². The van der Waals surface area contributed by atoms with Gasteiger partial charge in [0.05, 0.1) is 10.7 Å². The Labute approximate surface area is 102 Å². The van der Waals surface area contributed by atoms with Crippen molar-refractivity contribution in [1.29, 1.82) is 0 Å². The van der Waals surface area contributed by atoms with E-state index in [9.17, 15) is 13.2 Å². The molecule has 0 amide bonds. The Bertz CT molecular complexity index is 531. The number of halogens is 4. The summed E-state index contributed by atoms with van der Waals surface area (Å²) < 4.78 is 38.8. The lowest BCUT2D eigenvalue weighted by Crippen LogP contribution is -2.11. The lowest BCUT2D eigenvalue weighted by atomic mass is 10.4. The number of rotatable bonds is 1. The Hall–Kier alpha value is -1.64. The molecule has 2 aromatic heterocycles. The van der Waals surface area contributed by atoms with Crippen molar-refractivity contribution >= 4 is 21.7 Å². The largest absolute Gasteiger partial charge is 0.433 e. The molecule has 0 saturated carbocycles. The third-order valence-electron chi connectivity index (χ3n) is 1.83. The van der Waals surface area contributed by atoms with Crippen LogP contribution in [0.25, 0.3) is 5.95 Å². The molecule has 0 atom stereocenters. The van der Waals surface area contributed by atoms with Gasteiger partial charge >= 0.3 is 6.18 Å². The molecule has 0 aromatic carbocycles. The number of aromatic nitrogens is 4. The number of hydrogen-bond acceptors (Lipinski definition) is 4. The molecule has 0 unspecified atom stereocenters. The van der Waals surface area contributed by atoms with Crippen molar-refractivity contribution in [3.8, 4) is 5.95 Å². The highest BCUT2D eigenvalue weighted by Crippen LogP contribution is 2.27. The lowest BCUT2D eigenvalue weighted by Gasteiger charge is -2.06. The van der Waals surface area contributed by atoms with Crippen LogP contribution in [0.3, 0.4) is 0 Å². The maximum absolute atomic E-state index is 12.4. The van der Waals surface area contributed by atoms with E-state index in [1.165, 1.54) is 6.20 Å². The van der Waals surface area contributed by atoms with Crippen LogP contribution < -0.4 is 5.73 Å². The van der Waals surface area contributed by atoms with Crippen molar-refractivity contribution < 1.29 is 13.2 Å². The molecule has 2 N–H and O–H groups in total. The van der Waals surface area contributed by atoms with Crippen molar-refractivity contribution in [1.82, 2.24) is 19.7 Å². The van der Waals surface area contributed by atoms with Crippen LogP contribution in [-0.4, -0.2) is 19.7 Å². The van der Waals surface area contributed by atoms with Crippen molar-refractivity contribution in [2.45, 2.75) is 6.18 Å². The van der Waals surface area contributed by atoms with E-state index in [4.69, 9.17) is 5.73 Å². The van der Waals surface area contributed by atoms with E-state index in [-0.39, 0.29) is 11.8 Å². The van der Waals surface area contributed by atoms with Gasteiger partial charge in [-0.15, -0.1) is 5.10 Å². The molecule has 0 bridgehead atoms. The maximum atomic E-state index is 12.4. The van der Waals surface area contributed by atoms with Gasteiger partial charge in [0.1, 0.15) is 5.69 Å². The van der Waals surface area contributed by atoms with Gasteiger partial charge in [0.25, 0.3) is 5.95 Å². The van der Waals surface area contributed by atoms with E-state index in [1.54, 1.807) is 0 Å². The third kappa shape index (κ3) is 2.38. The topological polar surface area (TPSA) is 69.6 Å². The molecule has 0 radical (unpaired) electrons. The van der Waals surface area contributed by atoms with E-state index in [1.807, 2.05) is 0 Å². The van der Waals surface area contributed by atoms with Gasteiger partial charge in [-0.25, -0.2) is 14.6 Å². The zero-order valence-corrected chi connectivity index (χ0v) is 9.70. The first-order valence-electron chi connectivity index (χ1n) is 4.29. The second-order valence-corrected chi connectivity index (χ2v) is 3.90. The van der Waals surface area contributed by atoms with Gasteiger partial charge in [-0.2, -0.15) is 13.2 Å². The molecule has 2 rings (SSSR count). The SMILES string of the molecule is Nc1nn(-c2nccc(C(F)(F)F)n2)cc1Br. The van der Waals surface area contributed by atoms with Gasteiger partial charge in [0, 0.05) is 6.20 Å². The van der Waals surface area contributed by atoms with Gasteiger partial charge in [-0.1, -0.05) is 0 Å². The average molecular weight is 308 g/mol. The smallest absolute Gasteiger partial charge is 0.381 e. The molecule has 0 fully saturated rings. The molecule has 0 aliphatic rings. The number of anilines is 1. The van der Waals surface area contributed by atoms with Gasteiger partial charge in [-0.3, -0.25) is 0 Å². The molecule has 0 aliphatic heterocycles. The van der Waals surface area contributed by atoms with Gasteiger partial charge in [0.2, 0.25) is 0 Å². The molecule has 9 heteroatoms. The lowest BCUT2D eigenvalue weighted by molar-refractivity contribution is -0.141. The number of nitrogens with two attached hydrogens (primary N) is 1. The first-order chi connectivity index (χ1) is 7.88. The summed E-state index contributed by atoms with van der Waals surface area (Å²) >= 11 is 3.09. The summed E-state index contributed by atoms with van der Waals surface area (Å²) in [6, 6.07) is 0.783. The van der Waals surface area contributed by atoms with Gasteiger partial charge in [-0.05, 0) is 22.0 Å². The third-order valence-corrected chi connectivity index (χ3v) is 2.44. The molecular formula is C8H5BrF3N5. The quantitative estimate of drug-likeness (QED) is 0.875. The summed E-state index contributed by atoms with van der Waals surface area (Å²) in [5, 5.41) is 3.76. The van der Waals surface area contributed by atoms with Crippen molar-refractivity contribution in [3.05, 3.63) is 28.6 Å². The highest BCUT2D eigenvalue weighted by molar-refractivity contribution is 9.10. The van der Waals surface area contributed by atoms with Crippen LogP contribution in [0.5, 0.6) is 0 Å². The number of nitrogens with zero attached hydrogens (tertiary/aromatic N) is 4. The first kappa shape index (κ1) is 11.8. The predicted molar refractivity (Wildman–Crippen MR) is 56.3 cm³/mol. The molecule has 2 heterocycles. The second-order valence-electron chi connectivity index (χ2n) is 3.05. The summed E-state index contributed by atoms with van der Waals surface area (Å²) in [5.41, 5.74) is 4.41. The number of nitrogen functional groups attached to an aromatic ring is 1. The normalized spacial score (nSPS) is 11.8. The molecule has 0 spiro atoms. The van der Waals surface area contributed by atoms with E-state index >= 15 is 0 Å². The summed E-state index contributed by atoms with van der Waals surface area (Å²) in [7, 11) is 0. The summed E-state index contributed by atoms with van der Waals surface area (Å²) in [6.07, 6.45) is -2.13. The Kier molecular flexibility index (Phi) is 2.77. The minimum atomic E-state index is -4.52. The summed E-state index contributed by atoms with van der Waals surface area (Å²) in [5.74, 6) is -0.0526. The van der Waals surface area contributed by atoms with Crippen LogP contribution in [0.2, 0.25) is 0 Å². The van der Waals surface area contributed by atoms with Crippen LogP contribution in [0.4, 0.5) is 19.0 Å². The molecule has 0 saturated heterocycles. The standard InChI is InChI=1S/C8H5BrF3N5/c9-4-3-17(16-6(4)13)7-14-2-1-5(15-7)8(10,11)12/h1-3H,(H2,13,16). The molecular weight excluding hydrogens is 303 g/mol. The van der Waals surface area contributed by atoms with E-state index < -0.39 is 11.9 Å². The zero-order valence-electron chi connectivity index (χ0n) is 8.11. The zero-order chi connectivity index (χ0) is 12.6. The Morgan fingerprint density at radius 1 is 1.35 bits per heavy atom. The molecule has 2 aromatic rings. The number of alkyl halides is 3. The fourth-order valence-corrected chi connectivity index (χ4v) is 1.36. The second kappa shape index (κ2) is 3.99. The first-order valence-corrected chi connectivity index (χ1v) is 5.08. The van der Waals surface area contributed by atoms with E-state index in [0.717, 1.165) is 16.9 Å². The molecule has 5 nitrogen and oxygen atoms in total. The minimum Gasteiger partial charge on any atom is -0.381 e. The summed E-state index contributed by atoms with van der Waals surface area (Å²) in [4.78, 5) is 7.05. The molecule has 0 aliphatic carbocycles. The highest BCUT2D eigenvalue weighted by Gasteiger charge is 2.33. The Morgan fingerprint density at radius 3 is 2.59 bits per heavy atom. The van der Waals surface area contributed by atoms with Crippen molar-refractivity contribution in [2.24, 2.45) is 0 Å². The maximum Gasteiger partial charge on any atom is 0.433 e. The van der Waals surface area contributed by atoms with E-state index in [0.29, 0.717) is 4.47 Å². The average Bonchev–Trinajstić information content (AvgIpc) is 2.58. The van der Waals surface area contributed by atoms with E-state index in [2.05, 4.69) is 31.0 Å². The van der Waals surface area contributed by atoms with Crippen LogP contribution in [0.1, 0.15) is 5.69 Å². The summed E-state index contributed by atoms with van der Waals surface area (Å²) in [6.45, 7) is 0. The van der Waals surface area contributed by atoms with Crippen molar-refractivity contribution in [3.63, 3.8) is 0 Å². The van der Waals surface area contributed by atoms with Crippen LogP contribution >= 0.6 is 15.9 Å². The monoisotopic (exact) mass is 307 g/mol. The Morgan fingerprint density at radius 2 is 2.06 bits per heavy atom.